The highest BCUT2D eigenvalue weighted by Crippen LogP contribution is 2.27. The number of carbonyl (C=O) groups is 1. The summed E-state index contributed by atoms with van der Waals surface area (Å²) in [6.45, 7) is 12.0. The Morgan fingerprint density at radius 3 is 2.39 bits per heavy atom. The second-order valence-electron chi connectivity index (χ2n) is 6.44. The second-order valence-corrected chi connectivity index (χ2v) is 6.44. The average molecular weight is 320 g/mol. The molecule has 0 radical (unpaired) electrons. The summed E-state index contributed by atoms with van der Waals surface area (Å²) in [7, 11) is 0. The van der Waals surface area contributed by atoms with Gasteiger partial charge >= 0.3 is 0 Å². The predicted octanol–water partition coefficient (Wildman–Crippen LogP) is 2.35. The Labute approximate surface area is 139 Å². The topological polar surface area (TPSA) is 50.8 Å². The third-order valence-electron chi connectivity index (χ3n) is 3.56. The van der Waals surface area contributed by atoms with Gasteiger partial charge in [-0.25, -0.2) is 0 Å². The summed E-state index contributed by atoms with van der Waals surface area (Å²) in [6.07, 6.45) is 0.0966. The van der Waals surface area contributed by atoms with Crippen molar-refractivity contribution in [3.8, 4) is 11.5 Å². The van der Waals surface area contributed by atoms with E-state index in [9.17, 15) is 4.79 Å². The van der Waals surface area contributed by atoms with Gasteiger partial charge in [0.1, 0.15) is 11.5 Å². The van der Waals surface area contributed by atoms with Crippen molar-refractivity contribution in [2.24, 2.45) is 0 Å². The van der Waals surface area contributed by atoms with Crippen molar-refractivity contribution in [3.63, 3.8) is 0 Å². The Balaban J connectivity index is 2.15. The molecule has 1 aromatic carbocycles. The van der Waals surface area contributed by atoms with Crippen LogP contribution in [0.3, 0.4) is 0 Å². The Morgan fingerprint density at radius 1 is 1.13 bits per heavy atom. The lowest BCUT2D eigenvalue weighted by molar-refractivity contribution is 0.0915. The fourth-order valence-electron chi connectivity index (χ4n) is 2.59. The summed E-state index contributed by atoms with van der Waals surface area (Å²) in [5.41, 5.74) is 0.633. The molecular weight excluding hydrogens is 292 g/mol. The summed E-state index contributed by atoms with van der Waals surface area (Å²) < 4.78 is 11.6. The van der Waals surface area contributed by atoms with E-state index in [1.54, 1.807) is 0 Å². The van der Waals surface area contributed by atoms with Gasteiger partial charge in [-0.3, -0.25) is 9.69 Å². The average Bonchev–Trinajstić information content (AvgIpc) is 2.47. The predicted molar refractivity (Wildman–Crippen MR) is 91.6 cm³/mol. The molecule has 1 aliphatic rings. The van der Waals surface area contributed by atoms with Crippen molar-refractivity contribution in [2.75, 3.05) is 32.7 Å². The number of benzene rings is 1. The molecule has 1 aliphatic heterocycles. The van der Waals surface area contributed by atoms with Crippen molar-refractivity contribution in [3.05, 3.63) is 23.8 Å². The fourth-order valence-corrected chi connectivity index (χ4v) is 2.59. The van der Waals surface area contributed by atoms with Crippen LogP contribution in [0.4, 0.5) is 0 Å². The summed E-state index contributed by atoms with van der Waals surface area (Å²) >= 11 is 0. The van der Waals surface area contributed by atoms with Crippen molar-refractivity contribution < 1.29 is 14.3 Å². The van der Waals surface area contributed by atoms with Crippen LogP contribution in [-0.4, -0.2) is 55.6 Å². The van der Waals surface area contributed by atoms with E-state index in [4.69, 9.17) is 9.47 Å². The smallest absolute Gasteiger partial charge is 0.180 e. The normalized spacial score (nSPS) is 15.9. The Kier molecular flexibility index (Phi) is 6.42. The number of hydrogen-bond acceptors (Lipinski definition) is 5. The lowest BCUT2D eigenvalue weighted by Crippen LogP contribution is -2.45. The van der Waals surface area contributed by atoms with Crippen LogP contribution in [0.1, 0.15) is 38.1 Å². The Bertz CT molecular complexity index is 523. The molecule has 1 aromatic rings. The van der Waals surface area contributed by atoms with Crippen LogP contribution in [0.5, 0.6) is 11.5 Å². The summed E-state index contributed by atoms with van der Waals surface area (Å²) in [4.78, 5) is 14.8. The van der Waals surface area contributed by atoms with Crippen molar-refractivity contribution in [1.82, 2.24) is 10.2 Å². The maximum atomic E-state index is 12.7. The zero-order chi connectivity index (χ0) is 16.8. The highest BCUT2D eigenvalue weighted by Gasteiger charge is 2.19. The zero-order valence-electron chi connectivity index (χ0n) is 14.6. The van der Waals surface area contributed by atoms with E-state index in [2.05, 4.69) is 10.2 Å². The third-order valence-corrected chi connectivity index (χ3v) is 3.56. The van der Waals surface area contributed by atoms with Crippen LogP contribution < -0.4 is 14.8 Å². The molecule has 1 heterocycles. The largest absolute Gasteiger partial charge is 0.491 e. The molecule has 0 unspecified atom stereocenters. The number of ether oxygens (including phenoxy) is 2. The standard InChI is InChI=1S/C18H28N2O3/c1-13(2)22-15-5-6-16(18(11-15)23-14(3)4)17(21)12-20-9-7-19-8-10-20/h5-6,11,13-14,19H,7-10,12H2,1-4H3. The number of carbonyl (C=O) groups excluding carboxylic acids is 1. The molecule has 1 N–H and O–H groups in total. The van der Waals surface area contributed by atoms with E-state index in [0.29, 0.717) is 17.9 Å². The van der Waals surface area contributed by atoms with Gasteiger partial charge < -0.3 is 14.8 Å². The molecule has 5 nitrogen and oxygen atoms in total. The molecule has 0 amide bonds. The zero-order valence-corrected chi connectivity index (χ0v) is 14.6. The van der Waals surface area contributed by atoms with Crippen LogP contribution in [0.2, 0.25) is 0 Å². The number of piperazine rings is 1. The lowest BCUT2D eigenvalue weighted by atomic mass is 10.1. The quantitative estimate of drug-likeness (QED) is 0.782. The van der Waals surface area contributed by atoms with E-state index < -0.39 is 0 Å². The molecular formula is C18H28N2O3. The summed E-state index contributed by atoms with van der Waals surface area (Å²) in [6, 6.07) is 5.49. The minimum atomic E-state index is 0.00929. The molecule has 1 saturated heterocycles. The van der Waals surface area contributed by atoms with Crippen LogP contribution in [-0.2, 0) is 0 Å². The SMILES string of the molecule is CC(C)Oc1ccc(C(=O)CN2CCNCC2)c(OC(C)C)c1. The molecule has 0 saturated carbocycles. The maximum Gasteiger partial charge on any atom is 0.180 e. The van der Waals surface area contributed by atoms with Gasteiger partial charge in [-0.15, -0.1) is 0 Å². The van der Waals surface area contributed by atoms with Crippen molar-refractivity contribution in [1.29, 1.82) is 0 Å². The monoisotopic (exact) mass is 320 g/mol. The molecule has 0 spiro atoms. The maximum absolute atomic E-state index is 12.7. The van der Waals surface area contributed by atoms with Gasteiger partial charge in [-0.05, 0) is 39.8 Å². The van der Waals surface area contributed by atoms with E-state index >= 15 is 0 Å². The Morgan fingerprint density at radius 2 is 1.78 bits per heavy atom. The first-order valence-corrected chi connectivity index (χ1v) is 8.39. The number of ketones is 1. The van der Waals surface area contributed by atoms with Crippen molar-refractivity contribution >= 4 is 5.78 Å². The van der Waals surface area contributed by atoms with Crippen molar-refractivity contribution in [2.45, 2.75) is 39.9 Å². The first-order valence-electron chi connectivity index (χ1n) is 8.39. The summed E-state index contributed by atoms with van der Waals surface area (Å²) in [5, 5.41) is 3.30. The number of hydrogen-bond donors (Lipinski definition) is 1. The second kappa shape index (κ2) is 8.31. The summed E-state index contributed by atoms with van der Waals surface area (Å²) in [5.74, 6) is 1.44. The van der Waals surface area contributed by atoms with Gasteiger partial charge in [0.15, 0.2) is 5.78 Å². The van der Waals surface area contributed by atoms with Gasteiger partial charge in [0.2, 0.25) is 0 Å². The number of rotatable bonds is 7. The van der Waals surface area contributed by atoms with E-state index in [-0.39, 0.29) is 18.0 Å². The van der Waals surface area contributed by atoms with Crippen LogP contribution in [0.25, 0.3) is 0 Å². The highest BCUT2D eigenvalue weighted by molar-refractivity contribution is 6.00. The molecule has 2 rings (SSSR count). The number of nitrogens with zero attached hydrogens (tertiary/aromatic N) is 1. The molecule has 0 atom stereocenters. The first kappa shape index (κ1) is 17.8. The van der Waals surface area contributed by atoms with Gasteiger partial charge in [-0.2, -0.15) is 0 Å². The number of nitrogens with one attached hydrogen (secondary N) is 1. The van der Waals surface area contributed by atoms with Gasteiger partial charge in [-0.1, -0.05) is 0 Å². The van der Waals surface area contributed by atoms with Gasteiger partial charge in [0.05, 0.1) is 24.3 Å². The molecule has 5 heteroatoms. The molecule has 1 fully saturated rings. The van der Waals surface area contributed by atoms with E-state index in [0.717, 1.165) is 31.9 Å². The minimum absolute atomic E-state index is 0.00929. The first-order chi connectivity index (χ1) is 11.0. The molecule has 0 bridgehead atoms. The van der Waals surface area contributed by atoms with Gasteiger partial charge in [0.25, 0.3) is 0 Å². The highest BCUT2D eigenvalue weighted by atomic mass is 16.5. The minimum Gasteiger partial charge on any atom is -0.491 e. The lowest BCUT2D eigenvalue weighted by Gasteiger charge is -2.26. The van der Waals surface area contributed by atoms with Crippen LogP contribution in [0, 0.1) is 0 Å². The molecule has 128 valence electrons. The number of Topliss-reactive ketones (excluding diaryl/α,β-unsaturated/α-hetero) is 1. The van der Waals surface area contributed by atoms with E-state index in [1.807, 2.05) is 45.9 Å². The van der Waals surface area contributed by atoms with Crippen LogP contribution in [0.15, 0.2) is 18.2 Å². The third kappa shape index (κ3) is 5.52. The van der Waals surface area contributed by atoms with Crippen LogP contribution >= 0.6 is 0 Å². The fraction of sp³-hybridized carbons (Fsp3) is 0.611. The van der Waals surface area contributed by atoms with E-state index in [1.165, 1.54) is 0 Å². The Hall–Kier alpha value is -1.59. The van der Waals surface area contributed by atoms with Gasteiger partial charge in [0, 0.05) is 32.2 Å². The molecule has 0 aliphatic carbocycles. The molecule has 23 heavy (non-hydrogen) atoms. The molecule has 0 aromatic heterocycles.